The number of rotatable bonds is 5. The average Bonchev–Trinajstić information content (AvgIpc) is 2.29. The number of thioether (sulfide) groups is 1. The topological polar surface area (TPSA) is 12.0 Å². The van der Waals surface area contributed by atoms with Gasteiger partial charge in [0.15, 0.2) is 0 Å². The van der Waals surface area contributed by atoms with Gasteiger partial charge < -0.3 is 5.32 Å². The van der Waals surface area contributed by atoms with Crippen LogP contribution in [-0.4, -0.2) is 12.3 Å². The summed E-state index contributed by atoms with van der Waals surface area (Å²) in [5.41, 5.74) is 1.22. The second-order valence-corrected chi connectivity index (χ2v) is 4.93. The third-order valence-corrected chi connectivity index (χ3v) is 3.73. The zero-order valence-corrected chi connectivity index (χ0v) is 10.9. The SMILES string of the molecule is CCC(C)C(C)Nc1ccc(SC)cc1. The second-order valence-electron chi connectivity index (χ2n) is 4.05. The van der Waals surface area contributed by atoms with E-state index in [9.17, 15) is 0 Å². The van der Waals surface area contributed by atoms with E-state index in [-0.39, 0.29) is 0 Å². The molecule has 0 radical (unpaired) electrons. The fourth-order valence-corrected chi connectivity index (χ4v) is 1.85. The van der Waals surface area contributed by atoms with Crippen molar-refractivity contribution < 1.29 is 0 Å². The molecule has 0 saturated carbocycles. The Labute approximate surface area is 97.7 Å². The minimum Gasteiger partial charge on any atom is -0.382 e. The van der Waals surface area contributed by atoms with Gasteiger partial charge in [0.2, 0.25) is 0 Å². The predicted octanol–water partition coefficient (Wildman–Crippen LogP) is 4.26. The van der Waals surface area contributed by atoms with Crippen LogP contribution in [0.3, 0.4) is 0 Å². The summed E-state index contributed by atoms with van der Waals surface area (Å²) in [6.45, 7) is 6.77. The van der Waals surface area contributed by atoms with Gasteiger partial charge in [0, 0.05) is 16.6 Å². The van der Waals surface area contributed by atoms with E-state index in [4.69, 9.17) is 0 Å². The Morgan fingerprint density at radius 2 is 1.80 bits per heavy atom. The van der Waals surface area contributed by atoms with Crippen LogP contribution >= 0.6 is 11.8 Å². The second kappa shape index (κ2) is 6.06. The number of nitrogens with one attached hydrogen (secondary N) is 1. The van der Waals surface area contributed by atoms with E-state index in [2.05, 4.69) is 56.6 Å². The first-order valence-corrected chi connectivity index (χ1v) is 6.80. The molecule has 0 spiro atoms. The molecule has 2 atom stereocenters. The molecule has 1 nitrogen and oxygen atoms in total. The van der Waals surface area contributed by atoms with E-state index < -0.39 is 0 Å². The zero-order chi connectivity index (χ0) is 11.3. The average molecular weight is 223 g/mol. The van der Waals surface area contributed by atoms with Crippen molar-refractivity contribution in [1.29, 1.82) is 0 Å². The number of benzene rings is 1. The van der Waals surface area contributed by atoms with E-state index >= 15 is 0 Å². The van der Waals surface area contributed by atoms with Crippen LogP contribution in [0.25, 0.3) is 0 Å². The summed E-state index contributed by atoms with van der Waals surface area (Å²) in [6.07, 6.45) is 3.32. The summed E-state index contributed by atoms with van der Waals surface area (Å²) in [6, 6.07) is 9.18. The summed E-state index contributed by atoms with van der Waals surface area (Å²) in [5.74, 6) is 0.713. The summed E-state index contributed by atoms with van der Waals surface area (Å²) >= 11 is 1.78. The van der Waals surface area contributed by atoms with Gasteiger partial charge in [0.1, 0.15) is 0 Å². The van der Waals surface area contributed by atoms with Crippen molar-refractivity contribution in [2.45, 2.75) is 38.1 Å². The van der Waals surface area contributed by atoms with Crippen LogP contribution < -0.4 is 5.32 Å². The van der Waals surface area contributed by atoms with Gasteiger partial charge in [0.25, 0.3) is 0 Å². The lowest BCUT2D eigenvalue weighted by molar-refractivity contribution is 0.494. The van der Waals surface area contributed by atoms with Crippen molar-refractivity contribution in [2.75, 3.05) is 11.6 Å². The minimum absolute atomic E-state index is 0.537. The highest BCUT2D eigenvalue weighted by atomic mass is 32.2. The maximum Gasteiger partial charge on any atom is 0.0343 e. The summed E-state index contributed by atoms with van der Waals surface area (Å²) in [4.78, 5) is 1.32. The number of hydrogen-bond acceptors (Lipinski definition) is 2. The molecule has 0 aliphatic heterocycles. The van der Waals surface area contributed by atoms with Crippen molar-refractivity contribution in [3.8, 4) is 0 Å². The normalized spacial score (nSPS) is 14.7. The molecule has 1 aromatic rings. The molecule has 0 heterocycles. The molecule has 1 N–H and O–H groups in total. The van der Waals surface area contributed by atoms with Gasteiger partial charge in [-0.1, -0.05) is 20.3 Å². The first kappa shape index (κ1) is 12.4. The Hall–Kier alpha value is -0.630. The van der Waals surface area contributed by atoms with Crippen LogP contribution in [-0.2, 0) is 0 Å². The highest BCUT2D eigenvalue weighted by Crippen LogP contribution is 2.19. The highest BCUT2D eigenvalue weighted by molar-refractivity contribution is 7.98. The van der Waals surface area contributed by atoms with Gasteiger partial charge in [-0.05, 0) is 43.4 Å². The summed E-state index contributed by atoms with van der Waals surface area (Å²) in [5, 5.41) is 3.53. The van der Waals surface area contributed by atoms with E-state index in [0.717, 1.165) is 0 Å². The maximum atomic E-state index is 3.53. The van der Waals surface area contributed by atoms with Crippen molar-refractivity contribution in [1.82, 2.24) is 0 Å². The van der Waals surface area contributed by atoms with Crippen LogP contribution in [0.2, 0.25) is 0 Å². The van der Waals surface area contributed by atoms with E-state index in [0.29, 0.717) is 12.0 Å². The zero-order valence-electron chi connectivity index (χ0n) is 10.1. The van der Waals surface area contributed by atoms with Gasteiger partial charge in [0.05, 0.1) is 0 Å². The van der Waals surface area contributed by atoms with Crippen molar-refractivity contribution in [2.24, 2.45) is 5.92 Å². The smallest absolute Gasteiger partial charge is 0.0343 e. The van der Waals surface area contributed by atoms with Crippen molar-refractivity contribution >= 4 is 17.4 Å². The third kappa shape index (κ3) is 3.78. The van der Waals surface area contributed by atoms with Gasteiger partial charge in [-0.3, -0.25) is 0 Å². The van der Waals surface area contributed by atoms with Gasteiger partial charge in [-0.15, -0.1) is 11.8 Å². The molecular formula is C13H21NS. The monoisotopic (exact) mass is 223 g/mol. The Kier molecular flexibility index (Phi) is 5.03. The molecule has 1 aromatic carbocycles. The lowest BCUT2D eigenvalue weighted by atomic mass is 10.0. The fourth-order valence-electron chi connectivity index (χ4n) is 1.45. The van der Waals surface area contributed by atoms with Gasteiger partial charge in [-0.2, -0.15) is 0 Å². The van der Waals surface area contributed by atoms with Gasteiger partial charge in [-0.25, -0.2) is 0 Å². The molecule has 0 bridgehead atoms. The van der Waals surface area contributed by atoms with Crippen LogP contribution in [0.4, 0.5) is 5.69 Å². The molecule has 0 aliphatic carbocycles. The Balaban J connectivity index is 2.57. The van der Waals surface area contributed by atoms with E-state index in [1.54, 1.807) is 11.8 Å². The van der Waals surface area contributed by atoms with Crippen LogP contribution in [0.1, 0.15) is 27.2 Å². The van der Waals surface area contributed by atoms with Crippen LogP contribution in [0.15, 0.2) is 29.2 Å². The van der Waals surface area contributed by atoms with Crippen LogP contribution in [0, 0.1) is 5.92 Å². The lowest BCUT2D eigenvalue weighted by Gasteiger charge is -2.21. The quantitative estimate of drug-likeness (QED) is 0.749. The molecule has 1 rings (SSSR count). The van der Waals surface area contributed by atoms with Gasteiger partial charge >= 0.3 is 0 Å². The molecule has 0 saturated heterocycles. The Bertz CT molecular complexity index is 281. The molecule has 0 amide bonds. The summed E-state index contributed by atoms with van der Waals surface area (Å²) < 4.78 is 0. The maximum absolute atomic E-state index is 3.53. The van der Waals surface area contributed by atoms with Crippen LogP contribution in [0.5, 0.6) is 0 Å². The minimum atomic E-state index is 0.537. The fraction of sp³-hybridized carbons (Fsp3) is 0.538. The standard InChI is InChI=1S/C13H21NS/c1-5-10(2)11(3)14-12-6-8-13(15-4)9-7-12/h6-11,14H,5H2,1-4H3. The third-order valence-electron chi connectivity index (χ3n) is 2.98. The molecular weight excluding hydrogens is 202 g/mol. The highest BCUT2D eigenvalue weighted by Gasteiger charge is 2.09. The first-order valence-electron chi connectivity index (χ1n) is 5.58. The molecule has 2 unspecified atom stereocenters. The summed E-state index contributed by atoms with van der Waals surface area (Å²) in [7, 11) is 0. The van der Waals surface area contributed by atoms with E-state index in [1.807, 2.05) is 0 Å². The van der Waals surface area contributed by atoms with E-state index in [1.165, 1.54) is 17.0 Å². The number of hydrogen-bond donors (Lipinski definition) is 1. The molecule has 0 aromatic heterocycles. The lowest BCUT2D eigenvalue weighted by Crippen LogP contribution is -2.23. The molecule has 2 heteroatoms. The first-order chi connectivity index (χ1) is 7.17. The molecule has 84 valence electrons. The van der Waals surface area contributed by atoms with Crippen molar-refractivity contribution in [3.05, 3.63) is 24.3 Å². The Morgan fingerprint density at radius 3 is 2.27 bits per heavy atom. The Morgan fingerprint density at radius 1 is 1.20 bits per heavy atom. The number of anilines is 1. The molecule has 0 aliphatic rings. The predicted molar refractivity (Wildman–Crippen MR) is 70.8 cm³/mol. The molecule has 15 heavy (non-hydrogen) atoms. The molecule has 0 fully saturated rings. The largest absolute Gasteiger partial charge is 0.382 e. The van der Waals surface area contributed by atoms with Crippen molar-refractivity contribution in [3.63, 3.8) is 0 Å².